The minimum atomic E-state index is -3.68. The summed E-state index contributed by atoms with van der Waals surface area (Å²) in [5, 5.41) is 25.2. The van der Waals surface area contributed by atoms with E-state index >= 15 is 0 Å². The van der Waals surface area contributed by atoms with Gasteiger partial charge >= 0.3 is 20.4 Å². The topological polar surface area (TPSA) is 177 Å². The fourth-order valence-electron chi connectivity index (χ4n) is 3.48. The van der Waals surface area contributed by atoms with Crippen LogP contribution in [0.25, 0.3) is 0 Å². The average Bonchev–Trinajstić information content (AvgIpc) is 3.32. The van der Waals surface area contributed by atoms with Crippen LogP contribution < -0.4 is 15.5 Å². The summed E-state index contributed by atoms with van der Waals surface area (Å²) >= 11 is 0. The molecule has 4 heterocycles. The van der Waals surface area contributed by atoms with Crippen LogP contribution in [0, 0.1) is 0 Å². The number of benzene rings is 2. The molecule has 0 radical (unpaired) electrons. The zero-order valence-corrected chi connectivity index (χ0v) is 23.7. The van der Waals surface area contributed by atoms with E-state index in [1.54, 1.807) is 36.7 Å². The maximum atomic E-state index is 11.1. The molecule has 6 rings (SSSR count). The van der Waals surface area contributed by atoms with Gasteiger partial charge in [0.1, 0.15) is 0 Å². The third kappa shape index (κ3) is 7.65. The van der Waals surface area contributed by atoms with Crippen molar-refractivity contribution in [1.29, 1.82) is 0 Å². The molecule has 14 heteroatoms. The molecule has 208 valence electrons. The number of hydrogen-bond donors (Lipinski definition) is 1. The van der Waals surface area contributed by atoms with Crippen molar-refractivity contribution in [2.45, 2.75) is 22.9 Å². The Labute approximate surface area is 245 Å². The quantitative estimate of drug-likeness (QED) is 0.307. The van der Waals surface area contributed by atoms with E-state index in [0.717, 1.165) is 24.5 Å². The molecule has 1 N–H and O–H groups in total. The zero-order chi connectivity index (χ0) is 27.9. The second-order valence-corrected chi connectivity index (χ2v) is 11.1. The van der Waals surface area contributed by atoms with E-state index in [1.807, 2.05) is 36.4 Å². The number of pyridine rings is 2. The van der Waals surface area contributed by atoms with Crippen LogP contribution in [-0.4, -0.2) is 38.6 Å². The van der Waals surface area contributed by atoms with Crippen molar-refractivity contribution in [1.82, 2.24) is 15.3 Å². The Morgan fingerprint density at radius 3 is 1.30 bits per heavy atom. The van der Waals surface area contributed by atoms with Crippen LogP contribution in [-0.2, 0) is 53.6 Å². The van der Waals surface area contributed by atoms with Gasteiger partial charge in [0.25, 0.3) is 20.0 Å². The Kier molecular flexibility index (Phi) is 10.4. The van der Waals surface area contributed by atoms with Crippen molar-refractivity contribution in [3.05, 3.63) is 120 Å². The van der Waals surface area contributed by atoms with Crippen LogP contribution in [0.3, 0.4) is 0 Å². The molecule has 0 unspecified atom stereocenters. The first-order chi connectivity index (χ1) is 18.7. The number of rotatable bonds is 4. The van der Waals surface area contributed by atoms with Gasteiger partial charge in [0.2, 0.25) is 0 Å². The van der Waals surface area contributed by atoms with E-state index in [2.05, 4.69) is 24.1 Å². The minimum absolute atomic E-state index is 0. The van der Waals surface area contributed by atoms with Crippen molar-refractivity contribution >= 4 is 31.8 Å². The maximum absolute atomic E-state index is 11.1. The molecule has 2 aliphatic heterocycles. The van der Waals surface area contributed by atoms with Gasteiger partial charge in [-0.3, -0.25) is 9.97 Å². The van der Waals surface area contributed by atoms with E-state index in [0.29, 0.717) is 0 Å². The molecule has 0 bridgehead atoms. The molecule has 0 fully saturated rings. The molecule has 0 aliphatic carbocycles. The number of nitrogens with one attached hydrogen (secondary N) is 1. The van der Waals surface area contributed by atoms with Gasteiger partial charge in [0.05, 0.1) is 21.2 Å². The largest absolute Gasteiger partial charge is 2.00 e. The third-order valence-corrected chi connectivity index (χ3v) is 7.90. The van der Waals surface area contributed by atoms with Crippen LogP contribution in [0.15, 0.2) is 116 Å². The van der Waals surface area contributed by atoms with Gasteiger partial charge in [-0.25, -0.2) is 0 Å². The van der Waals surface area contributed by atoms with E-state index in [1.165, 1.54) is 24.3 Å². The van der Waals surface area contributed by atoms with Gasteiger partial charge in [0, 0.05) is 48.4 Å². The van der Waals surface area contributed by atoms with Crippen LogP contribution in [0.2, 0.25) is 0 Å². The second kappa shape index (κ2) is 13.5. The van der Waals surface area contributed by atoms with Crippen molar-refractivity contribution < 1.29 is 47.5 Å². The Hall–Kier alpha value is -3.80. The summed E-state index contributed by atoms with van der Waals surface area (Å²) < 4.78 is 50.3. The van der Waals surface area contributed by atoms with Gasteiger partial charge in [-0.05, 0) is 36.4 Å². The Bertz CT molecular complexity index is 1600. The molecule has 0 atom stereocenters. The molecule has 0 saturated carbocycles. The molecular formula is C26H21N5O6PdS2. The summed E-state index contributed by atoms with van der Waals surface area (Å²) in [6.07, 6.45) is 3.61. The van der Waals surface area contributed by atoms with Crippen LogP contribution in [0.5, 0.6) is 0 Å². The molecule has 0 saturated heterocycles. The van der Waals surface area contributed by atoms with Crippen LogP contribution in [0.1, 0.15) is 22.5 Å². The Morgan fingerprint density at radius 1 is 0.575 bits per heavy atom. The summed E-state index contributed by atoms with van der Waals surface area (Å²) in [6.45, 7) is 1.55. The second-order valence-electron chi connectivity index (χ2n) is 7.98. The molecule has 0 amide bonds. The molecule has 40 heavy (non-hydrogen) atoms. The van der Waals surface area contributed by atoms with Crippen molar-refractivity contribution in [3.8, 4) is 0 Å². The summed E-state index contributed by atoms with van der Waals surface area (Å²) in [5.41, 5.74) is 2.43. The molecular weight excluding hydrogens is 649 g/mol. The predicted octanol–water partition coefficient (Wildman–Crippen LogP) is 0.755. The Balaban J connectivity index is 0.000000165. The summed E-state index contributed by atoms with van der Waals surface area (Å²) in [7, 11) is -7.36. The third-order valence-electron chi connectivity index (χ3n) is 5.26. The van der Waals surface area contributed by atoms with Crippen LogP contribution >= 0.6 is 0 Å². The SMILES string of the molecule is O=S1(=O)N=C([O-])c2ccccc21.O=S1(=O)N=C([O-])c2ccccc21.[Pd+2].c1ccc(CNCc2ccccn2)nc1. The smallest absolute Gasteiger partial charge is 0.858 e. The van der Waals surface area contributed by atoms with Crippen molar-refractivity contribution in [3.63, 3.8) is 0 Å². The number of nitrogens with zero attached hydrogens (tertiary/aromatic N) is 4. The Morgan fingerprint density at radius 2 is 0.950 bits per heavy atom. The van der Waals surface area contributed by atoms with E-state index in [9.17, 15) is 27.0 Å². The van der Waals surface area contributed by atoms with Gasteiger partial charge < -0.3 is 15.5 Å². The van der Waals surface area contributed by atoms with Gasteiger partial charge in [-0.2, -0.15) is 25.6 Å². The zero-order valence-electron chi connectivity index (χ0n) is 20.5. The fraction of sp³-hybridized carbons (Fsp3) is 0.0769. The number of hydrogen-bond acceptors (Lipinski definition) is 9. The van der Waals surface area contributed by atoms with Crippen LogP contribution in [0.4, 0.5) is 0 Å². The molecule has 2 aliphatic rings. The summed E-state index contributed by atoms with van der Waals surface area (Å²) in [4.78, 5) is 8.47. The van der Waals surface area contributed by atoms with E-state index < -0.39 is 31.8 Å². The number of fused-ring (bicyclic) bond motifs is 2. The predicted molar refractivity (Wildman–Crippen MR) is 139 cm³/mol. The molecule has 2 aromatic heterocycles. The summed E-state index contributed by atoms with van der Waals surface area (Å²) in [6, 6.07) is 23.8. The maximum Gasteiger partial charge on any atom is 2.00 e. The number of sulfonamides is 2. The molecule has 0 spiro atoms. The molecule has 2 aromatic carbocycles. The molecule has 11 nitrogen and oxygen atoms in total. The monoisotopic (exact) mass is 669 g/mol. The van der Waals surface area contributed by atoms with E-state index in [-0.39, 0.29) is 41.3 Å². The van der Waals surface area contributed by atoms with Gasteiger partial charge in [-0.15, -0.1) is 0 Å². The summed E-state index contributed by atoms with van der Waals surface area (Å²) in [5.74, 6) is -1.35. The van der Waals surface area contributed by atoms with Crippen molar-refractivity contribution in [2.24, 2.45) is 8.80 Å². The average molecular weight is 670 g/mol. The normalized spacial score (nSPS) is 14.9. The first-order valence-electron chi connectivity index (χ1n) is 11.4. The first kappa shape index (κ1) is 30.7. The van der Waals surface area contributed by atoms with E-state index in [4.69, 9.17) is 0 Å². The van der Waals surface area contributed by atoms with Crippen molar-refractivity contribution in [2.75, 3.05) is 0 Å². The number of aromatic nitrogens is 2. The standard InChI is InChI=1S/C12H13N3.2C7H5NO3S.Pd/c1-3-7-14-11(5-1)9-13-10-12-6-2-4-8-15-12;2*9-7-5-3-1-2-4-6(5)12(10,11)8-7;/h1-8,13H,9-10H2;2*1-4H,(H,8,9);/q;;;+2/p-2. The fourth-order valence-corrected chi connectivity index (χ4v) is 5.67. The first-order valence-corrected chi connectivity index (χ1v) is 14.3. The van der Waals surface area contributed by atoms with Gasteiger partial charge in [0.15, 0.2) is 0 Å². The van der Waals surface area contributed by atoms with Gasteiger partial charge in [-0.1, -0.05) is 48.5 Å². The molecule has 4 aromatic rings. The minimum Gasteiger partial charge on any atom is -0.858 e.